The lowest BCUT2D eigenvalue weighted by atomic mass is 10.2. The van der Waals surface area contributed by atoms with Gasteiger partial charge >= 0.3 is 0 Å². The molecule has 0 bridgehead atoms. The van der Waals surface area contributed by atoms with Crippen LogP contribution in [-0.2, 0) is 11.3 Å². The fourth-order valence-corrected chi connectivity index (χ4v) is 3.65. The standard InChI is InChI=1S/C23H20Cl2N4O3/c1-14-2-5-20(19(25)8-14)32-17-4-3-15(18(24)9-17)12-28-22(31)23(6-7-23)29-21(30)16-10-26-13-27-11-16/h2-5,8-11,13H,6-7,12H2,1H3,(H,28,31)(H,29,30). The molecule has 1 saturated carbocycles. The molecule has 1 heterocycles. The highest BCUT2D eigenvalue weighted by Gasteiger charge is 2.51. The lowest BCUT2D eigenvalue weighted by Gasteiger charge is -2.17. The Labute approximate surface area is 195 Å². The molecule has 1 aliphatic carbocycles. The zero-order valence-electron chi connectivity index (χ0n) is 17.2. The number of carbonyl (C=O) groups excluding carboxylic acids is 2. The monoisotopic (exact) mass is 470 g/mol. The van der Waals surface area contributed by atoms with Crippen molar-refractivity contribution < 1.29 is 14.3 Å². The fourth-order valence-electron chi connectivity index (χ4n) is 3.13. The number of amides is 2. The molecule has 1 aromatic heterocycles. The summed E-state index contributed by atoms with van der Waals surface area (Å²) in [5.74, 6) is 0.425. The predicted molar refractivity (Wildman–Crippen MR) is 121 cm³/mol. The van der Waals surface area contributed by atoms with E-state index in [0.717, 1.165) is 11.1 Å². The van der Waals surface area contributed by atoms with Crippen LogP contribution in [0.1, 0.15) is 34.3 Å². The maximum absolute atomic E-state index is 12.7. The first-order chi connectivity index (χ1) is 15.4. The molecular formula is C23H20Cl2N4O3. The average molecular weight is 471 g/mol. The van der Waals surface area contributed by atoms with E-state index in [1.54, 1.807) is 24.3 Å². The Bertz CT molecular complexity index is 1170. The molecule has 1 fully saturated rings. The molecule has 4 rings (SSSR count). The van der Waals surface area contributed by atoms with E-state index < -0.39 is 5.54 Å². The van der Waals surface area contributed by atoms with Crippen molar-refractivity contribution in [3.63, 3.8) is 0 Å². The number of hydrogen-bond acceptors (Lipinski definition) is 5. The molecule has 0 atom stereocenters. The SMILES string of the molecule is Cc1ccc(Oc2ccc(CNC(=O)C3(NC(=O)c4cncnc4)CC3)c(Cl)c2)c(Cl)c1. The Kier molecular flexibility index (Phi) is 6.30. The summed E-state index contributed by atoms with van der Waals surface area (Å²) >= 11 is 12.6. The van der Waals surface area contributed by atoms with Gasteiger partial charge in [-0.2, -0.15) is 0 Å². The van der Waals surface area contributed by atoms with Crippen molar-refractivity contribution >= 4 is 35.0 Å². The number of carbonyl (C=O) groups is 2. The van der Waals surface area contributed by atoms with Gasteiger partial charge in [-0.05, 0) is 55.2 Å². The van der Waals surface area contributed by atoms with Crippen LogP contribution in [0.4, 0.5) is 0 Å². The molecule has 2 aromatic carbocycles. The highest BCUT2D eigenvalue weighted by Crippen LogP contribution is 2.36. The van der Waals surface area contributed by atoms with Crippen molar-refractivity contribution in [2.45, 2.75) is 31.8 Å². The van der Waals surface area contributed by atoms with Crippen LogP contribution in [0.2, 0.25) is 10.0 Å². The molecular weight excluding hydrogens is 451 g/mol. The van der Waals surface area contributed by atoms with Crippen LogP contribution in [0.25, 0.3) is 0 Å². The number of aryl methyl sites for hydroxylation is 1. The smallest absolute Gasteiger partial charge is 0.255 e. The maximum Gasteiger partial charge on any atom is 0.255 e. The highest BCUT2D eigenvalue weighted by molar-refractivity contribution is 6.32. The average Bonchev–Trinajstić information content (AvgIpc) is 3.56. The topological polar surface area (TPSA) is 93.2 Å². The molecule has 164 valence electrons. The van der Waals surface area contributed by atoms with Crippen molar-refractivity contribution in [1.29, 1.82) is 0 Å². The lowest BCUT2D eigenvalue weighted by molar-refractivity contribution is -0.124. The van der Waals surface area contributed by atoms with Gasteiger partial charge in [0.1, 0.15) is 23.4 Å². The molecule has 9 heteroatoms. The van der Waals surface area contributed by atoms with Gasteiger partial charge in [0.25, 0.3) is 5.91 Å². The number of nitrogens with zero attached hydrogens (tertiary/aromatic N) is 2. The number of aromatic nitrogens is 2. The first-order valence-electron chi connectivity index (χ1n) is 9.94. The third-order valence-electron chi connectivity index (χ3n) is 5.14. The van der Waals surface area contributed by atoms with E-state index in [4.69, 9.17) is 27.9 Å². The van der Waals surface area contributed by atoms with E-state index in [1.165, 1.54) is 18.7 Å². The second-order valence-electron chi connectivity index (χ2n) is 7.64. The van der Waals surface area contributed by atoms with Gasteiger partial charge in [-0.15, -0.1) is 0 Å². The molecule has 3 aromatic rings. The van der Waals surface area contributed by atoms with Gasteiger partial charge in [0.15, 0.2) is 0 Å². The van der Waals surface area contributed by atoms with Crippen molar-refractivity contribution in [3.05, 3.63) is 81.9 Å². The summed E-state index contributed by atoms with van der Waals surface area (Å²) in [5, 5.41) is 6.59. The summed E-state index contributed by atoms with van der Waals surface area (Å²) in [6, 6.07) is 10.7. The minimum atomic E-state index is -0.912. The number of hydrogen-bond donors (Lipinski definition) is 2. The Morgan fingerprint density at radius 1 is 1.06 bits per heavy atom. The summed E-state index contributed by atoms with van der Waals surface area (Å²) < 4.78 is 5.81. The second-order valence-corrected chi connectivity index (χ2v) is 8.45. The second kappa shape index (κ2) is 9.14. The van der Waals surface area contributed by atoms with Crippen LogP contribution in [0, 0.1) is 6.92 Å². The fraction of sp³-hybridized carbons (Fsp3) is 0.217. The molecule has 2 amide bonds. The third kappa shape index (κ3) is 5.00. The van der Waals surface area contributed by atoms with Gasteiger partial charge in [-0.3, -0.25) is 9.59 Å². The third-order valence-corrected chi connectivity index (χ3v) is 5.79. The van der Waals surface area contributed by atoms with Crippen LogP contribution in [-0.4, -0.2) is 27.3 Å². The molecule has 1 aliphatic rings. The Hall–Kier alpha value is -3.16. The first kappa shape index (κ1) is 22.0. The van der Waals surface area contributed by atoms with Crippen LogP contribution < -0.4 is 15.4 Å². The zero-order valence-corrected chi connectivity index (χ0v) is 18.7. The minimum absolute atomic E-state index is 0.218. The van der Waals surface area contributed by atoms with Crippen LogP contribution in [0.15, 0.2) is 55.1 Å². The molecule has 0 unspecified atom stereocenters. The summed E-state index contributed by atoms with van der Waals surface area (Å²) in [4.78, 5) is 32.7. The normalized spacial score (nSPS) is 13.8. The van der Waals surface area contributed by atoms with Crippen molar-refractivity contribution in [2.24, 2.45) is 0 Å². The van der Waals surface area contributed by atoms with E-state index in [2.05, 4.69) is 20.6 Å². The van der Waals surface area contributed by atoms with Gasteiger partial charge in [-0.1, -0.05) is 35.3 Å². The Balaban J connectivity index is 1.36. The van der Waals surface area contributed by atoms with Crippen LogP contribution in [0.3, 0.4) is 0 Å². The lowest BCUT2D eigenvalue weighted by Crippen LogP contribution is -2.48. The first-order valence-corrected chi connectivity index (χ1v) is 10.7. The zero-order chi connectivity index (χ0) is 22.7. The molecule has 0 saturated heterocycles. The summed E-state index contributed by atoms with van der Waals surface area (Å²) in [6.07, 6.45) is 5.28. The van der Waals surface area contributed by atoms with Crippen molar-refractivity contribution in [3.8, 4) is 11.5 Å². The number of ether oxygens (including phenoxy) is 1. The Morgan fingerprint density at radius 2 is 1.81 bits per heavy atom. The molecule has 0 spiro atoms. The molecule has 32 heavy (non-hydrogen) atoms. The number of rotatable bonds is 7. The molecule has 2 N–H and O–H groups in total. The Morgan fingerprint density at radius 3 is 2.47 bits per heavy atom. The largest absolute Gasteiger partial charge is 0.456 e. The maximum atomic E-state index is 12.7. The van der Waals surface area contributed by atoms with Crippen LogP contribution >= 0.6 is 23.2 Å². The van der Waals surface area contributed by atoms with Gasteiger partial charge in [0.2, 0.25) is 5.91 Å². The summed E-state index contributed by atoms with van der Waals surface area (Å²) in [6.45, 7) is 2.16. The number of halogens is 2. The van der Waals surface area contributed by atoms with E-state index >= 15 is 0 Å². The summed E-state index contributed by atoms with van der Waals surface area (Å²) in [5.41, 5.74) is 1.15. The van der Waals surface area contributed by atoms with Crippen molar-refractivity contribution in [1.82, 2.24) is 20.6 Å². The molecule has 0 radical (unpaired) electrons. The van der Waals surface area contributed by atoms with E-state index in [0.29, 0.717) is 39.9 Å². The molecule has 7 nitrogen and oxygen atoms in total. The van der Waals surface area contributed by atoms with Gasteiger partial charge < -0.3 is 15.4 Å². The summed E-state index contributed by atoms with van der Waals surface area (Å²) in [7, 11) is 0. The number of nitrogens with one attached hydrogen (secondary N) is 2. The van der Waals surface area contributed by atoms with Crippen LogP contribution in [0.5, 0.6) is 11.5 Å². The quantitative estimate of drug-likeness (QED) is 0.531. The number of benzene rings is 2. The minimum Gasteiger partial charge on any atom is -0.456 e. The van der Waals surface area contributed by atoms with Gasteiger partial charge in [0, 0.05) is 24.0 Å². The van der Waals surface area contributed by atoms with Gasteiger partial charge in [-0.25, -0.2) is 9.97 Å². The predicted octanol–water partition coefficient (Wildman–Crippen LogP) is 4.46. The molecule has 0 aliphatic heterocycles. The highest BCUT2D eigenvalue weighted by atomic mass is 35.5. The van der Waals surface area contributed by atoms with Gasteiger partial charge in [0.05, 0.1) is 10.6 Å². The van der Waals surface area contributed by atoms with E-state index in [9.17, 15) is 9.59 Å². The van der Waals surface area contributed by atoms with Crippen molar-refractivity contribution in [2.75, 3.05) is 0 Å². The van der Waals surface area contributed by atoms with E-state index in [-0.39, 0.29) is 18.4 Å². The van der Waals surface area contributed by atoms with E-state index in [1.807, 2.05) is 19.1 Å².